The summed E-state index contributed by atoms with van der Waals surface area (Å²) in [5.41, 5.74) is 5.67. The molecule has 0 bridgehead atoms. The minimum absolute atomic E-state index is 0.341. The standard InChI is InChI=1S/C11H13F3N4/c1-3-18-8-4-9(11(12,13)14)16-5-7(8)17-10(18)6(2)15/h4-6H,3,15H2,1-2H3/t6-/m1/s1. The van der Waals surface area contributed by atoms with Crippen LogP contribution in [0.1, 0.15) is 31.4 Å². The van der Waals surface area contributed by atoms with Crippen LogP contribution in [0.3, 0.4) is 0 Å². The third kappa shape index (κ3) is 2.05. The number of hydrogen-bond acceptors (Lipinski definition) is 3. The van der Waals surface area contributed by atoms with Gasteiger partial charge in [-0.3, -0.25) is 0 Å². The Balaban J connectivity index is 2.68. The van der Waals surface area contributed by atoms with Gasteiger partial charge in [0.1, 0.15) is 17.0 Å². The highest BCUT2D eigenvalue weighted by atomic mass is 19.4. The van der Waals surface area contributed by atoms with Gasteiger partial charge in [0.25, 0.3) is 0 Å². The molecule has 4 nitrogen and oxygen atoms in total. The molecule has 2 rings (SSSR count). The Morgan fingerprint density at radius 1 is 1.44 bits per heavy atom. The zero-order valence-corrected chi connectivity index (χ0v) is 9.99. The number of rotatable bonds is 2. The van der Waals surface area contributed by atoms with Crippen molar-refractivity contribution in [1.29, 1.82) is 0 Å². The monoisotopic (exact) mass is 258 g/mol. The zero-order chi connectivity index (χ0) is 13.5. The molecule has 2 heterocycles. The number of halogens is 3. The number of alkyl halides is 3. The van der Waals surface area contributed by atoms with E-state index in [1.807, 2.05) is 6.92 Å². The summed E-state index contributed by atoms with van der Waals surface area (Å²) in [7, 11) is 0. The fraction of sp³-hybridized carbons (Fsp3) is 0.455. The Morgan fingerprint density at radius 2 is 2.11 bits per heavy atom. The van der Waals surface area contributed by atoms with Gasteiger partial charge in [-0.05, 0) is 19.9 Å². The van der Waals surface area contributed by atoms with E-state index in [2.05, 4.69) is 9.97 Å². The predicted octanol–water partition coefficient (Wildman–Crippen LogP) is 2.49. The number of hydrogen-bond donors (Lipinski definition) is 1. The summed E-state index contributed by atoms with van der Waals surface area (Å²) in [6, 6.07) is 0.671. The van der Waals surface area contributed by atoms with Crippen molar-refractivity contribution in [2.24, 2.45) is 5.73 Å². The Labute approximate surface area is 102 Å². The summed E-state index contributed by atoms with van der Waals surface area (Å²) in [5.74, 6) is 0.564. The first-order valence-electron chi connectivity index (χ1n) is 5.53. The van der Waals surface area contributed by atoms with Gasteiger partial charge in [0.15, 0.2) is 0 Å². The van der Waals surface area contributed by atoms with Crippen molar-refractivity contribution < 1.29 is 13.2 Å². The van der Waals surface area contributed by atoms with Crippen LogP contribution in [-0.2, 0) is 12.7 Å². The quantitative estimate of drug-likeness (QED) is 0.900. The molecule has 0 unspecified atom stereocenters. The largest absolute Gasteiger partial charge is 0.433 e. The molecule has 2 N–H and O–H groups in total. The van der Waals surface area contributed by atoms with Crippen molar-refractivity contribution in [1.82, 2.24) is 14.5 Å². The van der Waals surface area contributed by atoms with E-state index in [0.717, 1.165) is 12.3 Å². The third-order valence-electron chi connectivity index (χ3n) is 2.68. The average Bonchev–Trinajstić information content (AvgIpc) is 2.65. The molecule has 0 aliphatic heterocycles. The van der Waals surface area contributed by atoms with Gasteiger partial charge in [0.05, 0.1) is 17.8 Å². The van der Waals surface area contributed by atoms with E-state index in [4.69, 9.17) is 5.73 Å². The second kappa shape index (κ2) is 4.24. The van der Waals surface area contributed by atoms with Crippen LogP contribution in [0.5, 0.6) is 0 Å². The van der Waals surface area contributed by atoms with Gasteiger partial charge in [0.2, 0.25) is 0 Å². The highest BCUT2D eigenvalue weighted by molar-refractivity contribution is 5.75. The van der Waals surface area contributed by atoms with Crippen molar-refractivity contribution in [2.75, 3.05) is 0 Å². The number of pyridine rings is 1. The van der Waals surface area contributed by atoms with Gasteiger partial charge >= 0.3 is 6.18 Å². The second-order valence-electron chi connectivity index (χ2n) is 4.06. The Hall–Kier alpha value is -1.63. The molecule has 0 saturated carbocycles. The molecule has 0 fully saturated rings. The number of aryl methyl sites for hydroxylation is 1. The van der Waals surface area contributed by atoms with E-state index in [-0.39, 0.29) is 6.04 Å². The van der Waals surface area contributed by atoms with Gasteiger partial charge in [0, 0.05) is 6.54 Å². The number of aromatic nitrogens is 3. The lowest BCUT2D eigenvalue weighted by atomic mass is 10.3. The van der Waals surface area contributed by atoms with Crippen molar-refractivity contribution in [3.8, 4) is 0 Å². The van der Waals surface area contributed by atoms with Crippen molar-refractivity contribution in [2.45, 2.75) is 32.6 Å². The average molecular weight is 258 g/mol. The highest BCUT2D eigenvalue weighted by Gasteiger charge is 2.33. The summed E-state index contributed by atoms with van der Waals surface area (Å²) in [4.78, 5) is 7.60. The van der Waals surface area contributed by atoms with Gasteiger partial charge in [-0.2, -0.15) is 13.2 Å². The first kappa shape index (κ1) is 12.8. The Kier molecular flexibility index (Phi) is 3.02. The molecule has 7 heteroatoms. The van der Waals surface area contributed by atoms with E-state index in [9.17, 15) is 13.2 Å². The second-order valence-corrected chi connectivity index (χ2v) is 4.06. The minimum atomic E-state index is -4.45. The molecule has 18 heavy (non-hydrogen) atoms. The molecule has 2 aromatic rings. The Morgan fingerprint density at radius 3 is 2.61 bits per heavy atom. The lowest BCUT2D eigenvalue weighted by Crippen LogP contribution is -2.13. The molecular weight excluding hydrogens is 245 g/mol. The first-order valence-corrected chi connectivity index (χ1v) is 5.53. The maximum atomic E-state index is 12.6. The van der Waals surface area contributed by atoms with Gasteiger partial charge in [-0.25, -0.2) is 9.97 Å². The molecule has 0 aromatic carbocycles. The number of fused-ring (bicyclic) bond motifs is 1. The third-order valence-corrected chi connectivity index (χ3v) is 2.68. The van der Waals surface area contributed by atoms with Gasteiger partial charge in [-0.15, -0.1) is 0 Å². The van der Waals surface area contributed by atoms with Crippen LogP contribution in [0.25, 0.3) is 11.0 Å². The summed E-state index contributed by atoms with van der Waals surface area (Å²) in [6.45, 7) is 4.08. The molecule has 0 spiro atoms. The smallest absolute Gasteiger partial charge is 0.327 e. The molecule has 0 saturated heterocycles. The van der Waals surface area contributed by atoms with E-state index in [0.29, 0.717) is 23.4 Å². The van der Waals surface area contributed by atoms with E-state index < -0.39 is 11.9 Å². The molecule has 2 aromatic heterocycles. The van der Waals surface area contributed by atoms with Crippen LogP contribution in [-0.4, -0.2) is 14.5 Å². The maximum Gasteiger partial charge on any atom is 0.433 e. The number of imidazole rings is 1. The van der Waals surface area contributed by atoms with Crippen LogP contribution >= 0.6 is 0 Å². The predicted molar refractivity (Wildman–Crippen MR) is 60.8 cm³/mol. The molecule has 1 atom stereocenters. The fourth-order valence-corrected chi connectivity index (χ4v) is 1.88. The first-order chi connectivity index (χ1) is 8.34. The lowest BCUT2D eigenvalue weighted by molar-refractivity contribution is -0.141. The maximum absolute atomic E-state index is 12.6. The van der Waals surface area contributed by atoms with Crippen molar-refractivity contribution in [3.05, 3.63) is 23.8 Å². The fourth-order valence-electron chi connectivity index (χ4n) is 1.88. The van der Waals surface area contributed by atoms with Crippen LogP contribution < -0.4 is 5.73 Å². The topological polar surface area (TPSA) is 56.7 Å². The summed E-state index contributed by atoms with van der Waals surface area (Å²) in [5, 5.41) is 0. The van der Waals surface area contributed by atoms with Gasteiger partial charge in [-0.1, -0.05) is 0 Å². The normalized spacial score (nSPS) is 14.1. The van der Waals surface area contributed by atoms with Crippen LogP contribution in [0.2, 0.25) is 0 Å². The van der Waals surface area contributed by atoms with Crippen molar-refractivity contribution >= 4 is 11.0 Å². The molecular formula is C11H13F3N4. The van der Waals surface area contributed by atoms with Crippen molar-refractivity contribution in [3.63, 3.8) is 0 Å². The lowest BCUT2D eigenvalue weighted by Gasteiger charge is -2.09. The van der Waals surface area contributed by atoms with Gasteiger partial charge < -0.3 is 10.3 Å². The molecule has 0 amide bonds. The van der Waals surface area contributed by atoms with E-state index >= 15 is 0 Å². The minimum Gasteiger partial charge on any atom is -0.327 e. The SMILES string of the molecule is CCn1c([C@@H](C)N)nc2cnc(C(F)(F)F)cc21. The molecule has 0 aliphatic rings. The van der Waals surface area contributed by atoms with Crippen LogP contribution in [0.15, 0.2) is 12.3 Å². The van der Waals surface area contributed by atoms with Crippen LogP contribution in [0.4, 0.5) is 13.2 Å². The summed E-state index contributed by atoms with van der Waals surface area (Å²) < 4.78 is 39.5. The highest BCUT2D eigenvalue weighted by Crippen LogP contribution is 2.30. The molecule has 0 radical (unpaired) electrons. The Bertz CT molecular complexity index is 571. The summed E-state index contributed by atoms with van der Waals surface area (Å²) in [6.07, 6.45) is -3.32. The number of nitrogens with two attached hydrogens (primary N) is 1. The van der Waals surface area contributed by atoms with Crippen LogP contribution in [0, 0.1) is 0 Å². The number of nitrogens with zero attached hydrogens (tertiary/aromatic N) is 3. The molecule has 98 valence electrons. The van der Waals surface area contributed by atoms with E-state index in [1.54, 1.807) is 11.5 Å². The molecule has 0 aliphatic carbocycles. The van der Waals surface area contributed by atoms with E-state index in [1.165, 1.54) is 0 Å². The summed E-state index contributed by atoms with van der Waals surface area (Å²) >= 11 is 0. The zero-order valence-electron chi connectivity index (χ0n) is 9.99.